The number of carbonyl (C=O) groups excluding carboxylic acids is 1. The van der Waals surface area contributed by atoms with Crippen molar-refractivity contribution in [2.45, 2.75) is 13.8 Å². The second-order valence-electron chi connectivity index (χ2n) is 3.69. The van der Waals surface area contributed by atoms with Crippen LogP contribution in [0.15, 0.2) is 33.5 Å². The van der Waals surface area contributed by atoms with Crippen LogP contribution in [-0.4, -0.2) is 12.8 Å². The third-order valence-electron chi connectivity index (χ3n) is 2.39. The number of carbonyl (C=O) groups is 1. The lowest BCUT2D eigenvalue weighted by Gasteiger charge is -2.05. The Hall–Kier alpha value is -2.30. The smallest absolute Gasteiger partial charge is 0.434 e. The summed E-state index contributed by atoms with van der Waals surface area (Å²) < 4.78 is 14.6. The van der Waals surface area contributed by atoms with E-state index in [2.05, 4.69) is 4.74 Å². The van der Waals surface area contributed by atoms with Crippen molar-refractivity contribution in [3.63, 3.8) is 0 Å². The Balaban J connectivity index is 2.38. The third kappa shape index (κ3) is 2.51. The van der Waals surface area contributed by atoms with Crippen LogP contribution >= 0.6 is 0 Å². The molecule has 0 saturated carbocycles. The van der Waals surface area contributed by atoms with Crippen LogP contribution in [0.5, 0.6) is 5.75 Å². The molecule has 0 saturated heterocycles. The van der Waals surface area contributed by atoms with Gasteiger partial charge in [0.15, 0.2) is 0 Å². The van der Waals surface area contributed by atoms with Crippen LogP contribution in [0, 0.1) is 6.92 Å². The van der Waals surface area contributed by atoms with E-state index >= 15 is 0 Å². The summed E-state index contributed by atoms with van der Waals surface area (Å²) in [5.74, 6) is 0.273. The number of hydrogen-bond acceptors (Lipinski definition) is 5. The molecule has 1 heterocycles. The summed E-state index contributed by atoms with van der Waals surface area (Å²) in [6, 6.07) is 6.24. The maximum atomic E-state index is 11.2. The average molecular weight is 248 g/mol. The van der Waals surface area contributed by atoms with Gasteiger partial charge in [-0.15, -0.1) is 0 Å². The van der Waals surface area contributed by atoms with Crippen LogP contribution < -0.4 is 10.4 Å². The molecule has 0 radical (unpaired) electrons. The summed E-state index contributed by atoms with van der Waals surface area (Å²) in [6.07, 6.45) is -0.785. The zero-order valence-corrected chi connectivity index (χ0v) is 10.1. The lowest BCUT2D eigenvalue weighted by Crippen LogP contribution is -2.10. The summed E-state index contributed by atoms with van der Waals surface area (Å²) in [7, 11) is 0. The van der Waals surface area contributed by atoms with Crippen LogP contribution in [0.1, 0.15) is 12.5 Å². The fourth-order valence-electron chi connectivity index (χ4n) is 1.61. The Kier molecular flexibility index (Phi) is 3.32. The van der Waals surface area contributed by atoms with Crippen LogP contribution in [0.25, 0.3) is 11.0 Å². The molecule has 0 aliphatic rings. The van der Waals surface area contributed by atoms with Gasteiger partial charge in [-0.3, -0.25) is 0 Å². The monoisotopic (exact) mass is 248 g/mol. The van der Waals surface area contributed by atoms with Crippen molar-refractivity contribution in [1.29, 1.82) is 0 Å². The van der Waals surface area contributed by atoms with Gasteiger partial charge < -0.3 is 13.9 Å². The van der Waals surface area contributed by atoms with Gasteiger partial charge >= 0.3 is 11.8 Å². The first-order chi connectivity index (χ1) is 8.60. The van der Waals surface area contributed by atoms with Crippen molar-refractivity contribution in [2.75, 3.05) is 6.61 Å². The molecule has 5 heteroatoms. The molecule has 0 amide bonds. The quantitative estimate of drug-likeness (QED) is 0.464. The van der Waals surface area contributed by atoms with Crippen molar-refractivity contribution in [3.05, 3.63) is 40.2 Å². The highest BCUT2D eigenvalue weighted by Gasteiger charge is 2.08. The van der Waals surface area contributed by atoms with Gasteiger partial charge in [0.2, 0.25) is 0 Å². The minimum Gasteiger partial charge on any atom is -0.434 e. The van der Waals surface area contributed by atoms with Crippen LogP contribution in [0.4, 0.5) is 4.79 Å². The summed E-state index contributed by atoms with van der Waals surface area (Å²) in [5, 5.41) is 0.797. The molecule has 0 N–H and O–H groups in total. The molecule has 94 valence electrons. The minimum atomic E-state index is -0.785. The molecule has 2 rings (SSSR count). The number of ether oxygens (including phenoxy) is 2. The van der Waals surface area contributed by atoms with E-state index < -0.39 is 11.8 Å². The first-order valence-corrected chi connectivity index (χ1v) is 5.49. The standard InChI is InChI=1S/C13H12O5/c1-3-16-13(15)17-9-4-5-10-8(2)6-12(14)18-11(10)7-9/h4-7H,3H2,1-2H3. The maximum Gasteiger partial charge on any atom is 0.513 e. The van der Waals surface area contributed by atoms with Crippen molar-refractivity contribution in [3.8, 4) is 5.75 Å². The number of fused-ring (bicyclic) bond motifs is 1. The van der Waals surface area contributed by atoms with Crippen molar-refractivity contribution >= 4 is 17.1 Å². The molecular formula is C13H12O5. The van der Waals surface area contributed by atoms with Crippen LogP contribution in [0.3, 0.4) is 0 Å². The second kappa shape index (κ2) is 4.91. The highest BCUT2D eigenvalue weighted by Crippen LogP contribution is 2.22. The fraction of sp³-hybridized carbons (Fsp3) is 0.231. The molecule has 0 fully saturated rings. The molecule has 0 aliphatic heterocycles. The first kappa shape index (κ1) is 12.2. The molecule has 5 nitrogen and oxygen atoms in total. The van der Waals surface area contributed by atoms with Gasteiger partial charge in [0.1, 0.15) is 11.3 Å². The molecule has 0 bridgehead atoms. The van der Waals surface area contributed by atoms with Gasteiger partial charge in [0.05, 0.1) is 6.61 Å². The van der Waals surface area contributed by atoms with E-state index in [0.717, 1.165) is 10.9 Å². The van der Waals surface area contributed by atoms with E-state index in [1.54, 1.807) is 19.1 Å². The van der Waals surface area contributed by atoms with Crippen molar-refractivity contribution in [2.24, 2.45) is 0 Å². The highest BCUT2D eigenvalue weighted by atomic mass is 16.7. The van der Waals surface area contributed by atoms with Gasteiger partial charge in [-0.2, -0.15) is 0 Å². The summed E-state index contributed by atoms with van der Waals surface area (Å²) in [4.78, 5) is 22.4. The summed E-state index contributed by atoms with van der Waals surface area (Å²) in [5.41, 5.74) is 0.749. The summed E-state index contributed by atoms with van der Waals surface area (Å²) in [6.45, 7) is 3.73. The van der Waals surface area contributed by atoms with Gasteiger partial charge in [-0.1, -0.05) is 0 Å². The molecule has 0 aliphatic carbocycles. The molecule has 0 unspecified atom stereocenters. The molecule has 1 aromatic heterocycles. The Bertz CT molecular complexity index is 641. The number of rotatable bonds is 2. The molecule has 0 spiro atoms. The maximum absolute atomic E-state index is 11.2. The third-order valence-corrected chi connectivity index (χ3v) is 2.39. The molecule has 2 aromatic rings. The van der Waals surface area contributed by atoms with E-state index in [0.29, 0.717) is 5.58 Å². The summed E-state index contributed by atoms with van der Waals surface area (Å²) >= 11 is 0. The van der Waals surface area contributed by atoms with E-state index in [1.807, 2.05) is 6.92 Å². The zero-order chi connectivity index (χ0) is 13.1. The van der Waals surface area contributed by atoms with Crippen LogP contribution in [-0.2, 0) is 4.74 Å². The van der Waals surface area contributed by atoms with E-state index in [1.165, 1.54) is 12.1 Å². The molecule has 1 aromatic carbocycles. The molecule has 18 heavy (non-hydrogen) atoms. The fourth-order valence-corrected chi connectivity index (χ4v) is 1.61. The van der Waals surface area contributed by atoms with E-state index in [-0.39, 0.29) is 12.4 Å². The van der Waals surface area contributed by atoms with Crippen molar-refractivity contribution < 1.29 is 18.7 Å². The predicted molar refractivity (Wildman–Crippen MR) is 64.9 cm³/mol. The Morgan fingerprint density at radius 2 is 2.11 bits per heavy atom. The molecule has 0 atom stereocenters. The average Bonchev–Trinajstić information content (AvgIpc) is 2.28. The topological polar surface area (TPSA) is 65.7 Å². The van der Waals surface area contributed by atoms with Gasteiger partial charge in [0.25, 0.3) is 0 Å². The number of aryl methyl sites for hydroxylation is 1. The normalized spacial score (nSPS) is 10.3. The Morgan fingerprint density at radius 1 is 1.33 bits per heavy atom. The number of benzene rings is 1. The zero-order valence-electron chi connectivity index (χ0n) is 10.1. The van der Waals surface area contributed by atoms with Gasteiger partial charge in [0, 0.05) is 17.5 Å². The largest absolute Gasteiger partial charge is 0.513 e. The predicted octanol–water partition coefficient (Wildman–Crippen LogP) is 2.64. The minimum absolute atomic E-state index is 0.237. The van der Waals surface area contributed by atoms with Gasteiger partial charge in [-0.25, -0.2) is 9.59 Å². The van der Waals surface area contributed by atoms with E-state index in [9.17, 15) is 9.59 Å². The SMILES string of the molecule is CCOC(=O)Oc1ccc2c(C)cc(=O)oc2c1. The van der Waals surface area contributed by atoms with Crippen molar-refractivity contribution in [1.82, 2.24) is 0 Å². The lowest BCUT2D eigenvalue weighted by atomic mass is 10.1. The first-order valence-electron chi connectivity index (χ1n) is 5.49. The van der Waals surface area contributed by atoms with Gasteiger partial charge in [-0.05, 0) is 31.5 Å². The highest BCUT2D eigenvalue weighted by molar-refractivity contribution is 5.81. The van der Waals surface area contributed by atoms with E-state index in [4.69, 9.17) is 9.15 Å². The Morgan fingerprint density at radius 3 is 2.83 bits per heavy atom. The lowest BCUT2D eigenvalue weighted by molar-refractivity contribution is 0.104. The second-order valence-corrected chi connectivity index (χ2v) is 3.69. The number of hydrogen-bond donors (Lipinski definition) is 0. The Labute approximate surface area is 103 Å². The molecular weight excluding hydrogens is 236 g/mol. The van der Waals surface area contributed by atoms with Crippen LogP contribution in [0.2, 0.25) is 0 Å².